The monoisotopic (exact) mass is 285 g/mol. The normalized spacial score (nSPS) is 19.6. The molecule has 1 fully saturated rings. The summed E-state index contributed by atoms with van der Waals surface area (Å²) in [4.78, 5) is 0. The molecule has 2 rings (SSSR count). The van der Waals surface area contributed by atoms with E-state index < -0.39 is 6.17 Å². The quantitative estimate of drug-likeness (QED) is 0.890. The molecule has 1 aromatic rings. The van der Waals surface area contributed by atoms with Crippen LogP contribution in [0.3, 0.4) is 0 Å². The van der Waals surface area contributed by atoms with E-state index in [0.29, 0.717) is 12.3 Å². The predicted molar refractivity (Wildman–Crippen MR) is 68.2 cm³/mol. The second-order valence-corrected chi connectivity index (χ2v) is 5.27. The summed E-state index contributed by atoms with van der Waals surface area (Å²) in [6.07, 6.45) is 2.03. The van der Waals surface area contributed by atoms with Crippen LogP contribution in [0.5, 0.6) is 0 Å². The Labute approximate surface area is 105 Å². The van der Waals surface area contributed by atoms with Crippen LogP contribution in [0, 0.1) is 5.92 Å². The highest BCUT2D eigenvalue weighted by atomic mass is 79.9. The van der Waals surface area contributed by atoms with E-state index >= 15 is 0 Å². The standard InChI is InChI=1S/C13H17BrFN/c14-12-4-2-1-3-11(12)13(15)9-10-5-7-16-8-6-10/h1-4,10,13,16H,5-9H2. The molecule has 0 amide bonds. The smallest absolute Gasteiger partial charge is 0.126 e. The van der Waals surface area contributed by atoms with Gasteiger partial charge in [-0.1, -0.05) is 34.1 Å². The lowest BCUT2D eigenvalue weighted by Gasteiger charge is -2.24. The zero-order chi connectivity index (χ0) is 11.4. The van der Waals surface area contributed by atoms with Crippen molar-refractivity contribution >= 4 is 15.9 Å². The van der Waals surface area contributed by atoms with Crippen LogP contribution in [0.2, 0.25) is 0 Å². The minimum Gasteiger partial charge on any atom is -0.317 e. The first-order valence-corrected chi connectivity index (χ1v) is 6.66. The van der Waals surface area contributed by atoms with Crippen molar-refractivity contribution in [1.29, 1.82) is 0 Å². The molecule has 1 N–H and O–H groups in total. The third kappa shape index (κ3) is 3.05. The summed E-state index contributed by atoms with van der Waals surface area (Å²) in [5.74, 6) is 0.531. The Morgan fingerprint density at radius 1 is 1.31 bits per heavy atom. The van der Waals surface area contributed by atoms with E-state index in [2.05, 4.69) is 21.2 Å². The van der Waals surface area contributed by atoms with E-state index in [1.54, 1.807) is 0 Å². The number of halogens is 2. The zero-order valence-corrected chi connectivity index (χ0v) is 10.8. The van der Waals surface area contributed by atoms with E-state index in [1.165, 1.54) is 0 Å². The summed E-state index contributed by atoms with van der Waals surface area (Å²) < 4.78 is 15.0. The van der Waals surface area contributed by atoms with Crippen LogP contribution < -0.4 is 5.32 Å². The van der Waals surface area contributed by atoms with Crippen molar-refractivity contribution in [3.8, 4) is 0 Å². The van der Waals surface area contributed by atoms with Crippen LogP contribution >= 0.6 is 15.9 Å². The van der Waals surface area contributed by atoms with Crippen LogP contribution in [0.25, 0.3) is 0 Å². The van der Waals surface area contributed by atoms with E-state index in [0.717, 1.165) is 36.0 Å². The van der Waals surface area contributed by atoms with Gasteiger partial charge in [-0.3, -0.25) is 0 Å². The summed E-state index contributed by atoms with van der Waals surface area (Å²) in [7, 11) is 0. The van der Waals surface area contributed by atoms with Crippen molar-refractivity contribution in [3.05, 3.63) is 34.3 Å². The average Bonchev–Trinajstić information content (AvgIpc) is 2.31. The molecule has 1 aromatic carbocycles. The topological polar surface area (TPSA) is 12.0 Å². The first-order valence-electron chi connectivity index (χ1n) is 5.86. The molecule has 1 nitrogen and oxygen atoms in total. The maximum absolute atomic E-state index is 14.1. The van der Waals surface area contributed by atoms with Crippen LogP contribution in [-0.2, 0) is 0 Å². The SMILES string of the molecule is FC(CC1CCNCC1)c1ccccc1Br. The lowest BCUT2D eigenvalue weighted by Crippen LogP contribution is -2.28. The van der Waals surface area contributed by atoms with Gasteiger partial charge < -0.3 is 5.32 Å². The molecule has 1 aliphatic heterocycles. The molecule has 1 saturated heterocycles. The molecular formula is C13H17BrFN. The van der Waals surface area contributed by atoms with Crippen molar-refractivity contribution in [2.75, 3.05) is 13.1 Å². The highest BCUT2D eigenvalue weighted by Crippen LogP contribution is 2.33. The maximum Gasteiger partial charge on any atom is 0.126 e. The zero-order valence-electron chi connectivity index (χ0n) is 9.26. The van der Waals surface area contributed by atoms with Crippen LogP contribution in [0.15, 0.2) is 28.7 Å². The average molecular weight is 286 g/mol. The Hall–Kier alpha value is -0.410. The van der Waals surface area contributed by atoms with Gasteiger partial charge in [-0.2, -0.15) is 0 Å². The van der Waals surface area contributed by atoms with Gasteiger partial charge in [0.15, 0.2) is 0 Å². The molecule has 0 radical (unpaired) electrons. The summed E-state index contributed by atoms with van der Waals surface area (Å²) in [5.41, 5.74) is 0.793. The molecule has 0 aliphatic carbocycles. The van der Waals surface area contributed by atoms with E-state index in [1.807, 2.05) is 24.3 Å². The molecule has 88 valence electrons. The molecule has 16 heavy (non-hydrogen) atoms. The molecule has 0 aromatic heterocycles. The molecule has 1 aliphatic rings. The highest BCUT2D eigenvalue weighted by Gasteiger charge is 2.20. The highest BCUT2D eigenvalue weighted by molar-refractivity contribution is 9.10. The van der Waals surface area contributed by atoms with Crippen molar-refractivity contribution in [2.24, 2.45) is 5.92 Å². The van der Waals surface area contributed by atoms with Crippen molar-refractivity contribution < 1.29 is 4.39 Å². The minimum absolute atomic E-state index is 0.531. The first-order chi connectivity index (χ1) is 7.77. The van der Waals surface area contributed by atoms with Crippen LogP contribution in [0.4, 0.5) is 4.39 Å². The molecular weight excluding hydrogens is 269 g/mol. The second-order valence-electron chi connectivity index (χ2n) is 4.42. The van der Waals surface area contributed by atoms with Gasteiger partial charge in [0, 0.05) is 10.0 Å². The number of nitrogens with one attached hydrogen (secondary N) is 1. The predicted octanol–water partition coefficient (Wildman–Crippen LogP) is 3.85. The van der Waals surface area contributed by atoms with Crippen molar-refractivity contribution in [2.45, 2.75) is 25.4 Å². The van der Waals surface area contributed by atoms with Crippen LogP contribution in [-0.4, -0.2) is 13.1 Å². The van der Waals surface area contributed by atoms with E-state index in [4.69, 9.17) is 0 Å². The Morgan fingerprint density at radius 2 is 2.00 bits per heavy atom. The first kappa shape index (κ1) is 12.1. The molecule has 1 atom stereocenters. The Kier molecular flexibility index (Phi) is 4.36. The second kappa shape index (κ2) is 5.78. The van der Waals surface area contributed by atoms with Crippen molar-refractivity contribution in [3.63, 3.8) is 0 Å². The molecule has 0 bridgehead atoms. The summed E-state index contributed by atoms with van der Waals surface area (Å²) in [5, 5.41) is 3.31. The van der Waals surface area contributed by atoms with Gasteiger partial charge in [-0.05, 0) is 44.3 Å². The van der Waals surface area contributed by atoms with Gasteiger partial charge in [-0.15, -0.1) is 0 Å². The van der Waals surface area contributed by atoms with Crippen molar-refractivity contribution in [1.82, 2.24) is 5.32 Å². The van der Waals surface area contributed by atoms with Gasteiger partial charge in [0.25, 0.3) is 0 Å². The summed E-state index contributed by atoms with van der Waals surface area (Å²) in [6.45, 7) is 2.07. The summed E-state index contributed by atoms with van der Waals surface area (Å²) >= 11 is 3.41. The number of benzene rings is 1. The molecule has 0 saturated carbocycles. The summed E-state index contributed by atoms with van der Waals surface area (Å²) in [6, 6.07) is 7.60. The Balaban J connectivity index is 1.96. The van der Waals surface area contributed by atoms with Gasteiger partial charge in [0.2, 0.25) is 0 Å². The van der Waals surface area contributed by atoms with E-state index in [9.17, 15) is 4.39 Å². The van der Waals surface area contributed by atoms with Gasteiger partial charge in [-0.25, -0.2) is 4.39 Å². The number of piperidine rings is 1. The fourth-order valence-electron chi connectivity index (χ4n) is 2.27. The molecule has 1 heterocycles. The largest absolute Gasteiger partial charge is 0.317 e. The number of alkyl halides is 1. The Morgan fingerprint density at radius 3 is 2.69 bits per heavy atom. The maximum atomic E-state index is 14.1. The third-order valence-corrected chi connectivity index (χ3v) is 3.96. The van der Waals surface area contributed by atoms with Gasteiger partial charge >= 0.3 is 0 Å². The molecule has 0 spiro atoms. The van der Waals surface area contributed by atoms with E-state index in [-0.39, 0.29) is 0 Å². The Bertz CT molecular complexity index is 336. The fraction of sp³-hybridized carbons (Fsp3) is 0.538. The molecule has 1 unspecified atom stereocenters. The minimum atomic E-state index is -0.835. The number of hydrogen-bond acceptors (Lipinski definition) is 1. The van der Waals surface area contributed by atoms with Gasteiger partial charge in [0.1, 0.15) is 6.17 Å². The van der Waals surface area contributed by atoms with Gasteiger partial charge in [0.05, 0.1) is 0 Å². The lowest BCUT2D eigenvalue weighted by atomic mass is 9.90. The number of rotatable bonds is 3. The number of hydrogen-bond donors (Lipinski definition) is 1. The van der Waals surface area contributed by atoms with Crippen LogP contribution in [0.1, 0.15) is 31.0 Å². The third-order valence-electron chi connectivity index (χ3n) is 3.24. The molecule has 3 heteroatoms. The lowest BCUT2D eigenvalue weighted by molar-refractivity contribution is 0.239. The fourth-order valence-corrected chi connectivity index (χ4v) is 2.80.